The number of aromatic hydroxyl groups is 1. The Morgan fingerprint density at radius 2 is 2.21 bits per heavy atom. The SMILES string of the molecule is COc1ccc(O)c(C(=O)N2CCSC(C)C2C)c1. The monoisotopic (exact) mass is 281 g/mol. The second-order valence-corrected chi connectivity index (χ2v) is 6.18. The Morgan fingerprint density at radius 1 is 1.47 bits per heavy atom. The first kappa shape index (κ1) is 14.1. The van der Waals surface area contributed by atoms with Gasteiger partial charge in [-0.15, -0.1) is 0 Å². The van der Waals surface area contributed by atoms with Gasteiger partial charge in [-0.1, -0.05) is 6.92 Å². The number of phenols is 1. The number of ether oxygens (including phenoxy) is 1. The van der Waals surface area contributed by atoms with Gasteiger partial charge < -0.3 is 14.7 Å². The summed E-state index contributed by atoms with van der Waals surface area (Å²) >= 11 is 1.87. The normalized spacial score (nSPS) is 23.2. The molecule has 0 radical (unpaired) electrons. The zero-order valence-electron chi connectivity index (χ0n) is 11.4. The molecule has 1 heterocycles. The Bertz CT molecular complexity index is 478. The fourth-order valence-electron chi connectivity index (χ4n) is 2.19. The number of methoxy groups -OCH3 is 1. The van der Waals surface area contributed by atoms with Gasteiger partial charge in [-0.2, -0.15) is 11.8 Å². The fraction of sp³-hybridized carbons (Fsp3) is 0.500. The highest BCUT2D eigenvalue weighted by molar-refractivity contribution is 8.00. The molecular formula is C14H19NO3S. The molecule has 0 saturated carbocycles. The number of carbonyl (C=O) groups excluding carboxylic acids is 1. The molecule has 1 aliphatic heterocycles. The van der Waals surface area contributed by atoms with Crippen molar-refractivity contribution in [3.05, 3.63) is 23.8 Å². The van der Waals surface area contributed by atoms with Crippen LogP contribution in [0.4, 0.5) is 0 Å². The maximum absolute atomic E-state index is 12.5. The maximum Gasteiger partial charge on any atom is 0.258 e. The molecule has 1 fully saturated rings. The number of phenolic OH excluding ortho intramolecular Hbond substituents is 1. The Kier molecular flexibility index (Phi) is 4.24. The molecule has 1 amide bonds. The van der Waals surface area contributed by atoms with Gasteiger partial charge in [-0.3, -0.25) is 4.79 Å². The third kappa shape index (κ3) is 2.81. The lowest BCUT2D eigenvalue weighted by molar-refractivity contribution is 0.0694. The van der Waals surface area contributed by atoms with Crippen molar-refractivity contribution in [3.8, 4) is 11.5 Å². The van der Waals surface area contributed by atoms with Crippen LogP contribution in [0.1, 0.15) is 24.2 Å². The summed E-state index contributed by atoms with van der Waals surface area (Å²) in [5, 5.41) is 10.3. The van der Waals surface area contributed by atoms with E-state index in [2.05, 4.69) is 6.92 Å². The average molecular weight is 281 g/mol. The third-order valence-corrected chi connectivity index (χ3v) is 4.92. The lowest BCUT2D eigenvalue weighted by Crippen LogP contribution is -2.47. The van der Waals surface area contributed by atoms with Crippen molar-refractivity contribution in [1.82, 2.24) is 4.90 Å². The molecule has 2 atom stereocenters. The van der Waals surface area contributed by atoms with E-state index >= 15 is 0 Å². The van der Waals surface area contributed by atoms with E-state index in [1.807, 2.05) is 23.6 Å². The predicted molar refractivity (Wildman–Crippen MR) is 77.1 cm³/mol. The minimum atomic E-state index is -0.129. The average Bonchev–Trinajstić information content (AvgIpc) is 2.42. The van der Waals surface area contributed by atoms with Crippen LogP contribution in [0.3, 0.4) is 0 Å². The van der Waals surface area contributed by atoms with Gasteiger partial charge in [-0.25, -0.2) is 0 Å². The van der Waals surface area contributed by atoms with Gasteiger partial charge in [0.1, 0.15) is 11.5 Å². The molecule has 2 rings (SSSR count). The van der Waals surface area contributed by atoms with Crippen LogP contribution < -0.4 is 4.74 Å². The molecule has 1 aromatic rings. The van der Waals surface area contributed by atoms with Gasteiger partial charge in [0.15, 0.2) is 0 Å². The number of hydrogen-bond acceptors (Lipinski definition) is 4. The molecule has 1 aliphatic rings. The molecule has 1 N–H and O–H groups in total. The second kappa shape index (κ2) is 5.74. The van der Waals surface area contributed by atoms with Gasteiger partial charge in [-0.05, 0) is 25.1 Å². The highest BCUT2D eigenvalue weighted by atomic mass is 32.2. The Morgan fingerprint density at radius 3 is 2.89 bits per heavy atom. The summed E-state index contributed by atoms with van der Waals surface area (Å²) in [6, 6.07) is 4.90. The number of nitrogens with zero attached hydrogens (tertiary/aromatic N) is 1. The van der Waals surface area contributed by atoms with Crippen LogP contribution in [0.25, 0.3) is 0 Å². The van der Waals surface area contributed by atoms with Crippen molar-refractivity contribution in [2.24, 2.45) is 0 Å². The Hall–Kier alpha value is -1.36. The first-order chi connectivity index (χ1) is 9.04. The fourth-order valence-corrected chi connectivity index (χ4v) is 3.29. The molecule has 5 heteroatoms. The molecule has 2 unspecified atom stereocenters. The number of carbonyl (C=O) groups is 1. The molecule has 0 aromatic heterocycles. The zero-order valence-corrected chi connectivity index (χ0v) is 12.2. The van der Waals surface area contributed by atoms with Crippen LogP contribution in [-0.4, -0.2) is 46.6 Å². The van der Waals surface area contributed by atoms with Gasteiger partial charge in [0.05, 0.1) is 12.7 Å². The van der Waals surface area contributed by atoms with E-state index in [1.165, 1.54) is 6.07 Å². The largest absolute Gasteiger partial charge is 0.507 e. The van der Waals surface area contributed by atoms with E-state index in [-0.39, 0.29) is 17.7 Å². The molecule has 4 nitrogen and oxygen atoms in total. The number of amides is 1. The van der Waals surface area contributed by atoms with Gasteiger partial charge in [0.2, 0.25) is 0 Å². The van der Waals surface area contributed by atoms with E-state index in [1.54, 1.807) is 19.2 Å². The predicted octanol–water partition coefficient (Wildman–Crippen LogP) is 2.37. The molecule has 104 valence electrons. The van der Waals surface area contributed by atoms with E-state index in [0.717, 1.165) is 5.75 Å². The van der Waals surface area contributed by atoms with E-state index in [9.17, 15) is 9.90 Å². The number of rotatable bonds is 2. The number of thioether (sulfide) groups is 1. The summed E-state index contributed by atoms with van der Waals surface area (Å²) in [6.07, 6.45) is 0. The minimum Gasteiger partial charge on any atom is -0.507 e. The lowest BCUT2D eigenvalue weighted by atomic mass is 10.1. The van der Waals surface area contributed by atoms with Crippen molar-refractivity contribution in [1.29, 1.82) is 0 Å². The number of benzene rings is 1. The minimum absolute atomic E-state index is 0.00359. The summed E-state index contributed by atoms with van der Waals surface area (Å²) in [5.41, 5.74) is 0.310. The van der Waals surface area contributed by atoms with E-state index in [0.29, 0.717) is 23.1 Å². The molecular weight excluding hydrogens is 262 g/mol. The van der Waals surface area contributed by atoms with Gasteiger partial charge in [0, 0.05) is 23.6 Å². The highest BCUT2D eigenvalue weighted by Gasteiger charge is 2.30. The molecule has 19 heavy (non-hydrogen) atoms. The summed E-state index contributed by atoms with van der Waals surface area (Å²) in [6.45, 7) is 4.89. The smallest absolute Gasteiger partial charge is 0.258 e. The van der Waals surface area contributed by atoms with Crippen LogP contribution in [0.5, 0.6) is 11.5 Å². The molecule has 1 aromatic carbocycles. The zero-order chi connectivity index (χ0) is 14.0. The van der Waals surface area contributed by atoms with E-state index < -0.39 is 0 Å². The molecule has 0 aliphatic carbocycles. The third-order valence-electron chi connectivity index (χ3n) is 3.58. The van der Waals surface area contributed by atoms with Crippen LogP contribution in [-0.2, 0) is 0 Å². The summed E-state index contributed by atoms with van der Waals surface area (Å²) in [5.74, 6) is 1.38. The molecule has 0 spiro atoms. The highest BCUT2D eigenvalue weighted by Crippen LogP contribution is 2.29. The standard InChI is InChI=1S/C14H19NO3S/c1-9-10(2)19-7-6-15(9)14(17)12-8-11(18-3)4-5-13(12)16/h4-5,8-10,16H,6-7H2,1-3H3. The molecule has 1 saturated heterocycles. The van der Waals surface area contributed by atoms with Gasteiger partial charge >= 0.3 is 0 Å². The summed E-state index contributed by atoms with van der Waals surface area (Å²) in [4.78, 5) is 14.4. The lowest BCUT2D eigenvalue weighted by Gasteiger charge is -2.37. The summed E-state index contributed by atoms with van der Waals surface area (Å²) < 4.78 is 5.11. The van der Waals surface area contributed by atoms with Crippen molar-refractivity contribution >= 4 is 17.7 Å². The van der Waals surface area contributed by atoms with E-state index in [4.69, 9.17) is 4.74 Å². The summed E-state index contributed by atoms with van der Waals surface area (Å²) in [7, 11) is 1.54. The second-order valence-electron chi connectivity index (χ2n) is 4.70. The van der Waals surface area contributed by atoms with Crippen molar-refractivity contribution in [3.63, 3.8) is 0 Å². The van der Waals surface area contributed by atoms with Crippen molar-refractivity contribution < 1.29 is 14.6 Å². The van der Waals surface area contributed by atoms with Crippen LogP contribution in [0.2, 0.25) is 0 Å². The quantitative estimate of drug-likeness (QED) is 0.904. The van der Waals surface area contributed by atoms with Crippen molar-refractivity contribution in [2.45, 2.75) is 25.1 Å². The topological polar surface area (TPSA) is 49.8 Å². The van der Waals surface area contributed by atoms with Crippen LogP contribution in [0, 0.1) is 0 Å². The first-order valence-electron chi connectivity index (χ1n) is 6.34. The first-order valence-corrected chi connectivity index (χ1v) is 7.39. The van der Waals surface area contributed by atoms with Crippen LogP contribution in [0.15, 0.2) is 18.2 Å². The van der Waals surface area contributed by atoms with Gasteiger partial charge in [0.25, 0.3) is 5.91 Å². The number of hydrogen-bond donors (Lipinski definition) is 1. The van der Waals surface area contributed by atoms with Crippen LogP contribution >= 0.6 is 11.8 Å². The van der Waals surface area contributed by atoms with Crippen molar-refractivity contribution in [2.75, 3.05) is 19.4 Å². The Balaban J connectivity index is 2.28. The maximum atomic E-state index is 12.5. The Labute approximate surface area is 117 Å². The molecule has 0 bridgehead atoms.